The molecular formula is C37H55I7N2O4-2. The number of carboxylic acid groups (broad SMARTS) is 1. The maximum atomic E-state index is 11.3. The first kappa shape index (κ1) is 55.8. The van der Waals surface area contributed by atoms with E-state index in [1.165, 1.54) is 72.9 Å². The number of nitrogen functional groups attached to an aromatic ring is 1. The van der Waals surface area contributed by atoms with Gasteiger partial charge in [-0.15, -0.1) is 24.0 Å². The van der Waals surface area contributed by atoms with Crippen LogP contribution in [0.15, 0.2) is 58.7 Å². The number of anilines is 2. The molecule has 4 bridgehead atoms. The van der Waals surface area contributed by atoms with Crippen molar-refractivity contribution in [1.29, 1.82) is 0 Å². The fraction of sp³-hybridized carbons (Fsp3) is 0.486. The molecule has 0 saturated heterocycles. The Labute approximate surface area is 379 Å². The van der Waals surface area contributed by atoms with Crippen LogP contribution in [0.5, 0.6) is 0 Å². The molecule has 0 radical (unpaired) electrons. The van der Waals surface area contributed by atoms with Gasteiger partial charge in [0.15, 0.2) is 0 Å². The number of carbonyl (C=O) groups is 3. The maximum absolute atomic E-state index is 11.3. The summed E-state index contributed by atoms with van der Waals surface area (Å²) in [5.74, 6) is 1.81. The molecule has 0 aliphatic heterocycles. The van der Waals surface area contributed by atoms with Gasteiger partial charge < -0.3 is 21.0 Å². The molecule has 6 nitrogen and oxygen atoms in total. The van der Waals surface area contributed by atoms with Gasteiger partial charge in [0.25, 0.3) is 5.97 Å². The van der Waals surface area contributed by atoms with E-state index in [4.69, 9.17) is 15.6 Å². The monoisotopic (exact) mass is 1480 g/mol. The number of halogens is 7. The van der Waals surface area contributed by atoms with Crippen molar-refractivity contribution in [3.05, 3.63) is 80.9 Å². The Bertz CT molecular complexity index is 1430. The summed E-state index contributed by atoms with van der Waals surface area (Å²) in [7, 11) is 0. The fourth-order valence-electron chi connectivity index (χ4n) is 7.30. The van der Waals surface area contributed by atoms with Gasteiger partial charge >= 0.3 is 101 Å². The number of carbonyl (C=O) groups excluding carboxylic acids is 2. The Morgan fingerprint density at radius 3 is 1.34 bits per heavy atom. The molecule has 0 aromatic heterocycles. The number of ketones is 1. The molecule has 2 saturated carbocycles. The Hall–Kier alpha value is 1.44. The topological polar surface area (TPSA) is 109 Å². The minimum atomic E-state index is -0.833. The number of amides is 1. The van der Waals surface area contributed by atoms with Crippen LogP contribution in [0.1, 0.15) is 142 Å². The standard InChI is InChI=1S/C16H19NO.C14H17N.C3H6O.C2H4O2.2CH4.2I3.HI/c1-9(2)15-12-7-8-13(15)16-11(12)5-4-6-14(16)17-10(3)18;1-8(2)13-10-6-7-11(13)14-9(10)4-3-5-12(14)15;1-3(2)4;1-2(3)4;;;2*1-3-2;/h4-6,12-13H,7-8H2,1-3H3,(H,17,18);3-5,10-11H,6-7,15H2,1-2H3;1-2H3;1H3,(H,3,4);2*1H4;;;1H/q;;;;;;2*-1;. The summed E-state index contributed by atoms with van der Waals surface area (Å²) in [5, 5.41) is 10.4. The SMILES string of the molecule is C.C.CC(=O)Nc1cccc2c1C1CCC2C1=C(C)C.CC(=O)O.CC(C)=C1C2CCC1c1c(N)cccc12.CC(C)=O.I.I[I-]I.I[I-]I. The summed E-state index contributed by atoms with van der Waals surface area (Å²) < 4.78 is 0. The van der Waals surface area contributed by atoms with Crippen molar-refractivity contribution in [3.8, 4) is 0 Å². The summed E-state index contributed by atoms with van der Waals surface area (Å²) >= 11 is 10.6. The summed E-state index contributed by atoms with van der Waals surface area (Å²) in [6.45, 7) is 14.6. The van der Waals surface area contributed by atoms with E-state index in [1.54, 1.807) is 18.1 Å². The van der Waals surface area contributed by atoms with Crippen molar-refractivity contribution in [2.45, 2.75) is 120 Å². The first-order valence-electron chi connectivity index (χ1n) is 15.1. The molecule has 2 aromatic rings. The number of allylic oxidation sites excluding steroid dienone is 4. The number of Topliss-reactive ketones (excluding diaryl/α,β-unsaturated/α-hetero) is 1. The van der Waals surface area contributed by atoms with Gasteiger partial charge in [-0.3, -0.25) is 9.59 Å². The molecular weight excluding hydrogens is 1420 g/mol. The molecule has 288 valence electrons. The number of hydrogen-bond acceptors (Lipinski definition) is 4. The first-order chi connectivity index (χ1) is 22.1. The van der Waals surface area contributed by atoms with Crippen LogP contribution in [0, 0.1) is 0 Å². The molecule has 4 N–H and O–H groups in total. The number of aliphatic carboxylic acids is 1. The van der Waals surface area contributed by atoms with Crippen LogP contribution in [0.3, 0.4) is 0 Å². The summed E-state index contributed by atoms with van der Waals surface area (Å²) in [4.78, 5) is 29.8. The third kappa shape index (κ3) is 16.7. The minimum absolute atomic E-state index is 0. The van der Waals surface area contributed by atoms with Crippen molar-refractivity contribution >= 4 is 127 Å². The molecule has 4 unspecified atom stereocenters. The Kier molecular flexibility index (Phi) is 32.1. The van der Waals surface area contributed by atoms with Crippen molar-refractivity contribution in [1.82, 2.24) is 0 Å². The molecule has 6 rings (SSSR count). The van der Waals surface area contributed by atoms with E-state index in [9.17, 15) is 9.59 Å². The van der Waals surface area contributed by atoms with Crippen LogP contribution >= 0.6 is 98.4 Å². The molecule has 4 aliphatic carbocycles. The van der Waals surface area contributed by atoms with Crippen LogP contribution in [-0.4, -0.2) is 22.8 Å². The van der Waals surface area contributed by atoms with Crippen LogP contribution < -0.4 is 37.6 Å². The second-order valence-electron chi connectivity index (χ2n) is 12.2. The van der Waals surface area contributed by atoms with Crippen molar-refractivity contribution in [2.24, 2.45) is 0 Å². The summed E-state index contributed by atoms with van der Waals surface area (Å²) in [6.07, 6.45) is 5.12. The number of rotatable bonds is 1. The van der Waals surface area contributed by atoms with E-state index in [-0.39, 0.29) is 50.5 Å². The van der Waals surface area contributed by atoms with Gasteiger partial charge in [0, 0.05) is 48.9 Å². The molecule has 2 aromatic carbocycles. The van der Waals surface area contributed by atoms with E-state index < -0.39 is 5.97 Å². The quantitative estimate of drug-likeness (QED) is 0.155. The molecule has 0 spiro atoms. The predicted octanol–water partition coefficient (Wildman–Crippen LogP) is 7.66. The van der Waals surface area contributed by atoms with Crippen molar-refractivity contribution in [2.75, 3.05) is 11.1 Å². The molecule has 4 aliphatic rings. The number of fused-ring (bicyclic) bond motifs is 10. The van der Waals surface area contributed by atoms with Crippen LogP contribution in [0.25, 0.3) is 0 Å². The van der Waals surface area contributed by atoms with E-state index in [0.29, 0.717) is 50.2 Å². The average Bonchev–Trinajstić information content (AvgIpc) is 3.72. The van der Waals surface area contributed by atoms with E-state index in [0.717, 1.165) is 18.3 Å². The van der Waals surface area contributed by atoms with Crippen LogP contribution in [0.2, 0.25) is 0 Å². The molecule has 50 heavy (non-hydrogen) atoms. The van der Waals surface area contributed by atoms with E-state index in [1.807, 2.05) is 12.1 Å². The summed E-state index contributed by atoms with van der Waals surface area (Å²) in [6, 6.07) is 12.7. The van der Waals surface area contributed by atoms with Gasteiger partial charge in [0.05, 0.1) is 0 Å². The summed E-state index contributed by atoms with van der Waals surface area (Å²) in [5.41, 5.74) is 20.1. The number of benzene rings is 2. The molecule has 13 heteroatoms. The number of nitrogens with one attached hydrogen (secondary N) is 1. The van der Waals surface area contributed by atoms with Gasteiger partial charge in [0.1, 0.15) is 5.78 Å². The zero-order valence-electron chi connectivity index (χ0n) is 28.5. The normalized spacial score (nSPS) is 18.6. The third-order valence-corrected chi connectivity index (χ3v) is 8.22. The van der Waals surface area contributed by atoms with Gasteiger partial charge in [-0.25, -0.2) is 0 Å². The van der Waals surface area contributed by atoms with Crippen molar-refractivity contribution < 1.29 is 46.0 Å². The van der Waals surface area contributed by atoms with Gasteiger partial charge in [-0.2, -0.15) is 0 Å². The van der Waals surface area contributed by atoms with Crippen LogP contribution in [-0.2, 0) is 14.4 Å². The first-order valence-corrected chi connectivity index (χ1v) is 40.3. The Balaban J connectivity index is -0.000000623. The molecule has 1 amide bonds. The van der Waals surface area contributed by atoms with E-state index in [2.05, 4.69) is 132 Å². The average molecular weight is 1480 g/mol. The predicted molar refractivity (Wildman–Crippen MR) is 252 cm³/mol. The zero-order valence-corrected chi connectivity index (χ0v) is 43.8. The second kappa shape index (κ2) is 28.8. The molecule has 0 heterocycles. The van der Waals surface area contributed by atoms with Crippen LogP contribution in [0.4, 0.5) is 11.4 Å². The molecule has 4 atom stereocenters. The fourth-order valence-corrected chi connectivity index (χ4v) is 7.30. The number of nitrogens with two attached hydrogens (primary N) is 1. The Morgan fingerprint density at radius 1 is 0.680 bits per heavy atom. The van der Waals surface area contributed by atoms with Gasteiger partial charge in [0.2, 0.25) is 5.91 Å². The Morgan fingerprint density at radius 2 is 1.00 bits per heavy atom. The van der Waals surface area contributed by atoms with Gasteiger partial charge in [-0.1, -0.05) is 61.4 Å². The number of hydrogen-bond donors (Lipinski definition) is 3. The zero-order chi connectivity index (χ0) is 36.0. The second-order valence-corrected chi connectivity index (χ2v) is 44.6. The van der Waals surface area contributed by atoms with E-state index >= 15 is 0 Å². The molecule has 2 fully saturated rings. The number of carboxylic acids is 1. The van der Waals surface area contributed by atoms with Gasteiger partial charge in [-0.05, 0) is 102 Å². The van der Waals surface area contributed by atoms with Crippen molar-refractivity contribution in [3.63, 3.8) is 0 Å². The third-order valence-electron chi connectivity index (χ3n) is 8.22.